The smallest absolute Gasteiger partial charge is 0.338 e. The Morgan fingerprint density at radius 2 is 1.78 bits per heavy atom. The number of anilines is 1. The van der Waals surface area contributed by atoms with E-state index in [0.717, 1.165) is 4.90 Å². The van der Waals surface area contributed by atoms with E-state index in [9.17, 15) is 9.59 Å². The van der Waals surface area contributed by atoms with Gasteiger partial charge in [-0.25, -0.2) is 4.79 Å². The third-order valence-electron chi connectivity index (χ3n) is 2.96. The van der Waals surface area contributed by atoms with Crippen molar-refractivity contribution in [1.82, 2.24) is 0 Å². The average Bonchev–Trinajstić information content (AvgIpc) is 2.60. The Bertz CT molecular complexity index is 734. The summed E-state index contributed by atoms with van der Waals surface area (Å²) >= 11 is 1.57. The number of esters is 1. The molecule has 0 unspecified atom stereocenters. The van der Waals surface area contributed by atoms with Gasteiger partial charge in [0, 0.05) is 10.6 Å². The molecule has 0 heterocycles. The number of benzene rings is 2. The molecule has 0 saturated carbocycles. The molecule has 0 radical (unpaired) electrons. The van der Waals surface area contributed by atoms with Crippen LogP contribution < -0.4 is 5.32 Å². The van der Waals surface area contributed by atoms with Crippen molar-refractivity contribution in [3.63, 3.8) is 0 Å². The SMILES string of the molecule is CSc1ccc(C(=O)OCC(=O)Nc2ccc(C#N)cc2)cc1. The van der Waals surface area contributed by atoms with Gasteiger partial charge in [-0.3, -0.25) is 4.79 Å². The fourth-order valence-corrected chi connectivity index (χ4v) is 2.17. The molecule has 2 rings (SSSR count). The third-order valence-corrected chi connectivity index (χ3v) is 3.70. The van der Waals surface area contributed by atoms with E-state index in [1.807, 2.05) is 24.5 Å². The number of carbonyl (C=O) groups is 2. The summed E-state index contributed by atoms with van der Waals surface area (Å²) in [5, 5.41) is 11.3. The van der Waals surface area contributed by atoms with Gasteiger partial charge in [-0.2, -0.15) is 5.26 Å². The molecule has 2 aromatic rings. The van der Waals surface area contributed by atoms with Gasteiger partial charge in [0.1, 0.15) is 0 Å². The minimum atomic E-state index is -0.548. The van der Waals surface area contributed by atoms with Crippen LogP contribution in [0.2, 0.25) is 0 Å². The minimum absolute atomic E-state index is 0.372. The van der Waals surface area contributed by atoms with E-state index >= 15 is 0 Å². The van der Waals surface area contributed by atoms with Crippen LogP contribution in [-0.2, 0) is 9.53 Å². The Morgan fingerprint density at radius 3 is 2.35 bits per heavy atom. The highest BCUT2D eigenvalue weighted by Crippen LogP contribution is 2.15. The van der Waals surface area contributed by atoms with Crippen molar-refractivity contribution < 1.29 is 14.3 Å². The summed E-state index contributed by atoms with van der Waals surface area (Å²) < 4.78 is 4.97. The molecule has 5 nitrogen and oxygen atoms in total. The normalized spacial score (nSPS) is 9.74. The first-order valence-corrected chi connectivity index (χ1v) is 7.96. The molecular weight excluding hydrogens is 312 g/mol. The second-order valence-corrected chi connectivity index (χ2v) is 5.42. The van der Waals surface area contributed by atoms with Crippen LogP contribution in [0.1, 0.15) is 15.9 Å². The van der Waals surface area contributed by atoms with Gasteiger partial charge in [0.05, 0.1) is 17.2 Å². The number of rotatable bonds is 5. The van der Waals surface area contributed by atoms with Gasteiger partial charge in [0.25, 0.3) is 5.91 Å². The van der Waals surface area contributed by atoms with Gasteiger partial charge >= 0.3 is 5.97 Å². The first kappa shape index (κ1) is 16.6. The van der Waals surface area contributed by atoms with Crippen LogP contribution in [0, 0.1) is 11.3 Å². The molecule has 116 valence electrons. The highest BCUT2D eigenvalue weighted by atomic mass is 32.2. The van der Waals surface area contributed by atoms with Gasteiger partial charge in [0.2, 0.25) is 0 Å². The van der Waals surface area contributed by atoms with E-state index in [1.54, 1.807) is 48.2 Å². The van der Waals surface area contributed by atoms with Gasteiger partial charge in [-0.05, 0) is 54.8 Å². The summed E-state index contributed by atoms with van der Waals surface area (Å²) in [6.45, 7) is -0.372. The number of amides is 1. The molecule has 23 heavy (non-hydrogen) atoms. The largest absolute Gasteiger partial charge is 0.452 e. The fraction of sp³-hybridized carbons (Fsp3) is 0.118. The fourth-order valence-electron chi connectivity index (χ4n) is 1.77. The van der Waals surface area contributed by atoms with Gasteiger partial charge in [0.15, 0.2) is 6.61 Å². The summed E-state index contributed by atoms with van der Waals surface area (Å²) in [4.78, 5) is 24.6. The number of hydrogen-bond donors (Lipinski definition) is 1. The van der Waals surface area contributed by atoms with Crippen molar-refractivity contribution >= 4 is 29.3 Å². The van der Waals surface area contributed by atoms with Crippen LogP contribution >= 0.6 is 11.8 Å². The lowest BCUT2D eigenvalue weighted by molar-refractivity contribution is -0.119. The zero-order valence-electron chi connectivity index (χ0n) is 12.4. The molecule has 0 fully saturated rings. The maximum Gasteiger partial charge on any atom is 0.338 e. The molecule has 0 aliphatic rings. The van der Waals surface area contributed by atoms with Crippen molar-refractivity contribution in [3.05, 3.63) is 59.7 Å². The summed E-state index contributed by atoms with van der Waals surface area (Å²) in [5.41, 5.74) is 1.44. The van der Waals surface area contributed by atoms with Crippen LogP contribution in [0.3, 0.4) is 0 Å². The van der Waals surface area contributed by atoms with Crippen LogP contribution in [0.15, 0.2) is 53.4 Å². The highest BCUT2D eigenvalue weighted by Gasteiger charge is 2.10. The second kappa shape index (κ2) is 8.01. The Balaban J connectivity index is 1.85. The summed E-state index contributed by atoms with van der Waals surface area (Å²) in [6, 6.07) is 15.3. The molecule has 0 atom stereocenters. The van der Waals surface area contributed by atoms with Crippen LogP contribution in [-0.4, -0.2) is 24.7 Å². The molecule has 1 N–H and O–H groups in total. The van der Waals surface area contributed by atoms with Gasteiger partial charge in [-0.15, -0.1) is 11.8 Å². The molecule has 0 saturated heterocycles. The Labute approximate surface area is 138 Å². The predicted molar refractivity (Wildman–Crippen MR) is 88.3 cm³/mol. The molecule has 1 amide bonds. The lowest BCUT2D eigenvalue weighted by Crippen LogP contribution is -2.20. The molecule has 0 spiro atoms. The van der Waals surface area contributed by atoms with E-state index in [-0.39, 0.29) is 6.61 Å². The first-order valence-electron chi connectivity index (χ1n) is 6.73. The molecule has 0 aliphatic carbocycles. The molecule has 0 aromatic heterocycles. The first-order chi connectivity index (χ1) is 11.1. The number of thioether (sulfide) groups is 1. The number of hydrogen-bond acceptors (Lipinski definition) is 5. The number of nitrogens with one attached hydrogen (secondary N) is 1. The van der Waals surface area contributed by atoms with E-state index in [4.69, 9.17) is 10.00 Å². The van der Waals surface area contributed by atoms with E-state index in [2.05, 4.69) is 5.32 Å². The second-order valence-electron chi connectivity index (χ2n) is 4.54. The monoisotopic (exact) mass is 326 g/mol. The summed E-state index contributed by atoms with van der Waals surface area (Å²) in [7, 11) is 0. The third kappa shape index (κ3) is 4.87. The van der Waals surface area contributed by atoms with Crippen LogP contribution in [0.5, 0.6) is 0 Å². The minimum Gasteiger partial charge on any atom is -0.452 e. The Kier molecular flexibility index (Phi) is 5.78. The lowest BCUT2D eigenvalue weighted by Gasteiger charge is -2.07. The zero-order valence-corrected chi connectivity index (χ0v) is 13.2. The quantitative estimate of drug-likeness (QED) is 0.675. The van der Waals surface area contributed by atoms with Crippen molar-refractivity contribution in [2.24, 2.45) is 0 Å². The zero-order chi connectivity index (χ0) is 16.7. The average molecular weight is 326 g/mol. The van der Waals surface area contributed by atoms with Crippen molar-refractivity contribution in [3.8, 4) is 6.07 Å². The molecule has 2 aromatic carbocycles. The topological polar surface area (TPSA) is 79.2 Å². The number of carbonyl (C=O) groups excluding carboxylic acids is 2. The molecule has 0 bridgehead atoms. The van der Waals surface area contributed by atoms with Gasteiger partial charge < -0.3 is 10.1 Å². The van der Waals surface area contributed by atoms with Crippen LogP contribution in [0.4, 0.5) is 5.69 Å². The highest BCUT2D eigenvalue weighted by molar-refractivity contribution is 7.98. The molecule has 0 aliphatic heterocycles. The van der Waals surface area contributed by atoms with Crippen molar-refractivity contribution in [2.75, 3.05) is 18.2 Å². The van der Waals surface area contributed by atoms with Gasteiger partial charge in [-0.1, -0.05) is 0 Å². The van der Waals surface area contributed by atoms with E-state index in [1.165, 1.54) is 0 Å². The standard InChI is InChI=1S/C17H14N2O3S/c1-23-15-8-4-13(5-9-15)17(21)22-11-16(20)19-14-6-2-12(10-18)3-7-14/h2-9H,11H2,1H3,(H,19,20). The number of ether oxygens (including phenoxy) is 1. The maximum atomic E-state index is 11.8. The summed E-state index contributed by atoms with van der Waals surface area (Å²) in [5.74, 6) is -0.989. The lowest BCUT2D eigenvalue weighted by atomic mass is 10.2. The van der Waals surface area contributed by atoms with Crippen molar-refractivity contribution in [1.29, 1.82) is 5.26 Å². The Morgan fingerprint density at radius 1 is 1.13 bits per heavy atom. The predicted octanol–water partition coefficient (Wildman–Crippen LogP) is 3.08. The molecule has 6 heteroatoms. The van der Waals surface area contributed by atoms with E-state index < -0.39 is 11.9 Å². The summed E-state index contributed by atoms with van der Waals surface area (Å²) in [6.07, 6.45) is 1.95. The Hall–Kier alpha value is -2.78. The van der Waals surface area contributed by atoms with Crippen molar-refractivity contribution in [2.45, 2.75) is 4.90 Å². The maximum absolute atomic E-state index is 11.8. The molecular formula is C17H14N2O3S. The van der Waals surface area contributed by atoms with Crippen LogP contribution in [0.25, 0.3) is 0 Å². The van der Waals surface area contributed by atoms with E-state index in [0.29, 0.717) is 16.8 Å². The number of nitriles is 1. The number of nitrogens with zero attached hydrogens (tertiary/aromatic N) is 1.